The highest BCUT2D eigenvalue weighted by Crippen LogP contribution is 2.21. The molecule has 2 heterocycles. The third-order valence-electron chi connectivity index (χ3n) is 2.05. The van der Waals surface area contributed by atoms with Gasteiger partial charge in [0.2, 0.25) is 0 Å². The zero-order chi connectivity index (χ0) is 9.97. The van der Waals surface area contributed by atoms with Gasteiger partial charge in [0.05, 0.1) is 6.10 Å². The van der Waals surface area contributed by atoms with Crippen LogP contribution in [0, 0.1) is 0 Å². The van der Waals surface area contributed by atoms with Crippen LogP contribution >= 0.6 is 11.3 Å². The summed E-state index contributed by atoms with van der Waals surface area (Å²) in [6.07, 6.45) is 1.53. The minimum absolute atomic E-state index is 0.474. The first-order valence-electron chi connectivity index (χ1n) is 4.31. The summed E-state index contributed by atoms with van der Waals surface area (Å²) < 4.78 is 1.68. The molecule has 2 aromatic heterocycles. The lowest BCUT2D eigenvalue weighted by atomic mass is 10.2. The SMILES string of the molecule is Cn1ncnc1CC(O)c1cccs1. The molecule has 0 fully saturated rings. The molecular weight excluding hydrogens is 198 g/mol. The Hall–Kier alpha value is -1.20. The highest BCUT2D eigenvalue weighted by molar-refractivity contribution is 7.10. The van der Waals surface area contributed by atoms with Gasteiger partial charge in [-0.2, -0.15) is 5.10 Å². The molecule has 74 valence electrons. The van der Waals surface area contributed by atoms with Crippen LogP contribution in [0.4, 0.5) is 0 Å². The molecule has 0 radical (unpaired) electrons. The van der Waals surface area contributed by atoms with E-state index in [0.717, 1.165) is 10.7 Å². The maximum Gasteiger partial charge on any atom is 0.138 e. The van der Waals surface area contributed by atoms with Crippen molar-refractivity contribution in [1.29, 1.82) is 0 Å². The molecule has 1 N–H and O–H groups in total. The average Bonchev–Trinajstić information content (AvgIpc) is 2.77. The Balaban J connectivity index is 2.09. The van der Waals surface area contributed by atoms with Gasteiger partial charge in [-0.3, -0.25) is 4.68 Å². The monoisotopic (exact) mass is 209 g/mol. The number of aromatic nitrogens is 3. The maximum atomic E-state index is 9.83. The van der Waals surface area contributed by atoms with E-state index in [1.165, 1.54) is 6.33 Å². The van der Waals surface area contributed by atoms with Crippen molar-refractivity contribution >= 4 is 11.3 Å². The molecular formula is C9H11N3OS. The molecule has 0 spiro atoms. The van der Waals surface area contributed by atoms with Crippen LogP contribution in [0.2, 0.25) is 0 Å². The second kappa shape index (κ2) is 3.89. The number of aryl methyl sites for hydroxylation is 1. The van der Waals surface area contributed by atoms with Gasteiger partial charge in [0.25, 0.3) is 0 Å². The first-order chi connectivity index (χ1) is 6.77. The highest BCUT2D eigenvalue weighted by Gasteiger charge is 2.12. The van der Waals surface area contributed by atoms with Crippen molar-refractivity contribution in [3.63, 3.8) is 0 Å². The van der Waals surface area contributed by atoms with Crippen LogP contribution in [-0.4, -0.2) is 19.9 Å². The fourth-order valence-electron chi connectivity index (χ4n) is 1.26. The third-order valence-corrected chi connectivity index (χ3v) is 3.03. The molecule has 2 rings (SSSR count). The molecule has 0 aliphatic carbocycles. The summed E-state index contributed by atoms with van der Waals surface area (Å²) in [5.41, 5.74) is 0. The standard InChI is InChI=1S/C9H11N3OS/c1-12-9(10-6-11-12)5-7(13)8-3-2-4-14-8/h2-4,6-7,13H,5H2,1H3. The molecule has 0 saturated carbocycles. The van der Waals surface area contributed by atoms with E-state index in [4.69, 9.17) is 0 Å². The second-order valence-corrected chi connectivity index (χ2v) is 4.01. The number of thiophene rings is 1. The Bertz CT molecular complexity index is 396. The van der Waals surface area contributed by atoms with Crippen LogP contribution in [0.5, 0.6) is 0 Å². The van der Waals surface area contributed by atoms with E-state index < -0.39 is 6.10 Å². The quantitative estimate of drug-likeness (QED) is 0.825. The molecule has 0 aromatic carbocycles. The van der Waals surface area contributed by atoms with Gasteiger partial charge >= 0.3 is 0 Å². The zero-order valence-electron chi connectivity index (χ0n) is 7.79. The first-order valence-corrected chi connectivity index (χ1v) is 5.19. The number of hydrogen-bond acceptors (Lipinski definition) is 4. The maximum absolute atomic E-state index is 9.83. The topological polar surface area (TPSA) is 50.9 Å². The fourth-order valence-corrected chi connectivity index (χ4v) is 1.97. The molecule has 0 aliphatic heterocycles. The van der Waals surface area contributed by atoms with Crippen molar-refractivity contribution in [1.82, 2.24) is 14.8 Å². The molecule has 4 nitrogen and oxygen atoms in total. The Morgan fingerprint density at radius 1 is 1.64 bits per heavy atom. The van der Waals surface area contributed by atoms with E-state index in [9.17, 15) is 5.11 Å². The van der Waals surface area contributed by atoms with Crippen molar-refractivity contribution in [2.75, 3.05) is 0 Å². The Labute approximate surface area is 85.8 Å². The molecule has 0 bridgehead atoms. The number of rotatable bonds is 3. The van der Waals surface area contributed by atoms with Crippen molar-refractivity contribution in [3.05, 3.63) is 34.5 Å². The molecule has 0 aliphatic rings. The lowest BCUT2D eigenvalue weighted by molar-refractivity contribution is 0.178. The molecule has 0 saturated heterocycles. The second-order valence-electron chi connectivity index (χ2n) is 3.04. The largest absolute Gasteiger partial charge is 0.387 e. The Morgan fingerprint density at radius 2 is 2.50 bits per heavy atom. The first kappa shape index (κ1) is 9.36. The number of hydrogen-bond donors (Lipinski definition) is 1. The van der Waals surface area contributed by atoms with Crippen LogP contribution in [0.15, 0.2) is 23.8 Å². The van der Waals surface area contributed by atoms with Crippen LogP contribution in [0.3, 0.4) is 0 Å². The van der Waals surface area contributed by atoms with E-state index in [0.29, 0.717) is 6.42 Å². The van der Waals surface area contributed by atoms with Crippen LogP contribution in [-0.2, 0) is 13.5 Å². The number of nitrogens with zero attached hydrogens (tertiary/aromatic N) is 3. The van der Waals surface area contributed by atoms with Crippen LogP contribution in [0.25, 0.3) is 0 Å². The molecule has 0 amide bonds. The Morgan fingerprint density at radius 3 is 3.07 bits per heavy atom. The van der Waals surface area contributed by atoms with Crippen molar-refractivity contribution in [2.24, 2.45) is 7.05 Å². The summed E-state index contributed by atoms with van der Waals surface area (Å²) in [7, 11) is 1.82. The smallest absolute Gasteiger partial charge is 0.138 e. The lowest BCUT2D eigenvalue weighted by Crippen LogP contribution is -2.06. The van der Waals surface area contributed by atoms with Crippen molar-refractivity contribution < 1.29 is 5.11 Å². The predicted octanol–water partition coefficient (Wildman–Crippen LogP) is 1.15. The predicted molar refractivity (Wildman–Crippen MR) is 54.0 cm³/mol. The average molecular weight is 209 g/mol. The van der Waals surface area contributed by atoms with E-state index >= 15 is 0 Å². The highest BCUT2D eigenvalue weighted by atomic mass is 32.1. The van der Waals surface area contributed by atoms with Gasteiger partial charge in [-0.15, -0.1) is 11.3 Å². The van der Waals surface area contributed by atoms with Crippen LogP contribution < -0.4 is 0 Å². The molecule has 1 unspecified atom stereocenters. The molecule has 14 heavy (non-hydrogen) atoms. The summed E-state index contributed by atoms with van der Waals surface area (Å²) in [5.74, 6) is 0.797. The van der Waals surface area contributed by atoms with Gasteiger partial charge in [-0.05, 0) is 11.4 Å². The number of aliphatic hydroxyl groups excluding tert-OH is 1. The van der Waals surface area contributed by atoms with Gasteiger partial charge in [0, 0.05) is 18.3 Å². The Kier molecular flexibility index (Phi) is 2.60. The van der Waals surface area contributed by atoms with Gasteiger partial charge in [-0.25, -0.2) is 4.98 Å². The van der Waals surface area contributed by atoms with Gasteiger partial charge in [0.1, 0.15) is 12.2 Å². The minimum Gasteiger partial charge on any atom is -0.387 e. The van der Waals surface area contributed by atoms with Crippen LogP contribution in [0.1, 0.15) is 16.8 Å². The van der Waals surface area contributed by atoms with E-state index in [2.05, 4.69) is 10.1 Å². The molecule has 5 heteroatoms. The van der Waals surface area contributed by atoms with Crippen molar-refractivity contribution in [3.8, 4) is 0 Å². The van der Waals surface area contributed by atoms with Gasteiger partial charge in [0.15, 0.2) is 0 Å². The minimum atomic E-state index is -0.474. The summed E-state index contributed by atoms with van der Waals surface area (Å²) in [6, 6.07) is 3.85. The summed E-state index contributed by atoms with van der Waals surface area (Å²) in [4.78, 5) is 5.03. The molecule has 1 atom stereocenters. The summed E-state index contributed by atoms with van der Waals surface area (Å²) in [5, 5.41) is 15.7. The normalized spacial score (nSPS) is 13.0. The third kappa shape index (κ3) is 1.83. The lowest BCUT2D eigenvalue weighted by Gasteiger charge is -2.06. The van der Waals surface area contributed by atoms with Gasteiger partial charge < -0.3 is 5.11 Å². The summed E-state index contributed by atoms with van der Waals surface area (Å²) in [6.45, 7) is 0. The van der Waals surface area contributed by atoms with E-state index in [1.807, 2.05) is 24.6 Å². The zero-order valence-corrected chi connectivity index (χ0v) is 8.61. The van der Waals surface area contributed by atoms with E-state index in [-0.39, 0.29) is 0 Å². The molecule has 2 aromatic rings. The summed E-state index contributed by atoms with van der Waals surface area (Å²) >= 11 is 1.55. The van der Waals surface area contributed by atoms with Gasteiger partial charge in [-0.1, -0.05) is 6.07 Å². The van der Waals surface area contributed by atoms with E-state index in [1.54, 1.807) is 16.0 Å². The number of aliphatic hydroxyl groups is 1. The fraction of sp³-hybridized carbons (Fsp3) is 0.333. The van der Waals surface area contributed by atoms with Crippen molar-refractivity contribution in [2.45, 2.75) is 12.5 Å².